The molecule has 0 aliphatic rings. The van der Waals surface area contributed by atoms with Crippen molar-refractivity contribution < 1.29 is 0 Å². The Hall–Kier alpha value is -0.240. The molecule has 0 saturated carbocycles. The minimum absolute atomic E-state index is 0.502. The number of benzene rings is 1. The van der Waals surface area contributed by atoms with E-state index < -0.39 is 0 Å². The van der Waals surface area contributed by atoms with E-state index in [1.165, 1.54) is 18.4 Å². The van der Waals surface area contributed by atoms with Gasteiger partial charge in [0.1, 0.15) is 0 Å². The zero-order valence-electron chi connectivity index (χ0n) is 10.8. The number of hydrogen-bond acceptors (Lipinski definition) is 1. The summed E-state index contributed by atoms with van der Waals surface area (Å²) in [7, 11) is 2.03. The Bertz CT molecular complexity index is 348. The lowest BCUT2D eigenvalue weighted by Crippen LogP contribution is -2.35. The molecule has 1 nitrogen and oxygen atoms in total. The summed E-state index contributed by atoms with van der Waals surface area (Å²) in [6.07, 6.45) is 3.40. The third kappa shape index (κ3) is 4.17. The fourth-order valence-electron chi connectivity index (χ4n) is 2.28. The molecule has 1 aromatic carbocycles. The highest BCUT2D eigenvalue weighted by molar-refractivity contribution is 6.42. The van der Waals surface area contributed by atoms with Gasteiger partial charge in [-0.2, -0.15) is 0 Å². The Kier molecular flexibility index (Phi) is 6.32. The van der Waals surface area contributed by atoms with Crippen LogP contribution in [0, 0.1) is 5.92 Å². The van der Waals surface area contributed by atoms with E-state index in [2.05, 4.69) is 25.2 Å². The molecule has 1 atom stereocenters. The normalized spacial score (nSPS) is 13.1. The van der Waals surface area contributed by atoms with Crippen LogP contribution in [0.15, 0.2) is 18.2 Å². The minimum atomic E-state index is 0.502. The summed E-state index contributed by atoms with van der Waals surface area (Å²) in [5.41, 5.74) is 1.24. The van der Waals surface area contributed by atoms with Crippen LogP contribution in [0.2, 0.25) is 10.0 Å². The molecule has 0 spiro atoms. The summed E-state index contributed by atoms with van der Waals surface area (Å²) in [5, 5.41) is 4.68. The third-order valence-electron chi connectivity index (χ3n) is 3.43. The van der Waals surface area contributed by atoms with E-state index in [0.29, 0.717) is 22.0 Å². The Morgan fingerprint density at radius 1 is 1.12 bits per heavy atom. The van der Waals surface area contributed by atoms with Crippen LogP contribution in [0.3, 0.4) is 0 Å². The Balaban J connectivity index is 2.76. The molecule has 0 aliphatic carbocycles. The molecule has 1 aromatic rings. The number of likely N-dealkylation sites (N-methyl/N-ethyl adjacent to an activating group) is 1. The van der Waals surface area contributed by atoms with Crippen LogP contribution in [0.1, 0.15) is 32.3 Å². The summed E-state index contributed by atoms with van der Waals surface area (Å²) in [5.74, 6) is 0.703. The molecule has 1 N–H and O–H groups in total. The first-order chi connectivity index (χ1) is 8.12. The fraction of sp³-hybridized carbons (Fsp3) is 0.571. The van der Waals surface area contributed by atoms with Crippen molar-refractivity contribution in [2.45, 2.75) is 39.2 Å². The molecule has 0 amide bonds. The number of hydrogen-bond donors (Lipinski definition) is 1. The second-order valence-electron chi connectivity index (χ2n) is 4.42. The van der Waals surface area contributed by atoms with Crippen LogP contribution < -0.4 is 5.32 Å². The van der Waals surface area contributed by atoms with E-state index in [-0.39, 0.29) is 0 Å². The standard InChI is InChI=1S/C14H21Cl2N/c1-4-11(5-2)14(17-3)9-10-6-7-12(15)13(16)8-10/h6-8,11,14,17H,4-5,9H2,1-3H3. The highest BCUT2D eigenvalue weighted by Gasteiger charge is 2.17. The van der Waals surface area contributed by atoms with E-state index in [1.807, 2.05) is 19.2 Å². The predicted octanol–water partition coefficient (Wildman–Crippen LogP) is 4.56. The number of rotatable bonds is 6. The molecule has 0 heterocycles. The van der Waals surface area contributed by atoms with Gasteiger partial charge in [-0.25, -0.2) is 0 Å². The zero-order chi connectivity index (χ0) is 12.8. The predicted molar refractivity (Wildman–Crippen MR) is 77.1 cm³/mol. The molecule has 0 radical (unpaired) electrons. The summed E-state index contributed by atoms with van der Waals surface area (Å²) >= 11 is 12.0. The molecular formula is C14H21Cl2N. The number of halogens is 2. The number of nitrogens with one attached hydrogen (secondary N) is 1. The molecule has 96 valence electrons. The van der Waals surface area contributed by atoms with Gasteiger partial charge in [0.15, 0.2) is 0 Å². The lowest BCUT2D eigenvalue weighted by atomic mass is 9.89. The SMILES string of the molecule is CCC(CC)C(Cc1ccc(Cl)c(Cl)c1)NC. The van der Waals surface area contributed by atoms with E-state index in [9.17, 15) is 0 Å². The Morgan fingerprint density at radius 3 is 2.24 bits per heavy atom. The molecule has 3 heteroatoms. The monoisotopic (exact) mass is 273 g/mol. The summed E-state index contributed by atoms with van der Waals surface area (Å²) in [4.78, 5) is 0. The first-order valence-electron chi connectivity index (χ1n) is 6.23. The average molecular weight is 274 g/mol. The maximum Gasteiger partial charge on any atom is 0.0595 e. The van der Waals surface area contributed by atoms with Crippen molar-refractivity contribution in [3.05, 3.63) is 33.8 Å². The first-order valence-corrected chi connectivity index (χ1v) is 6.99. The highest BCUT2D eigenvalue weighted by atomic mass is 35.5. The van der Waals surface area contributed by atoms with Crippen molar-refractivity contribution in [1.82, 2.24) is 5.32 Å². The maximum absolute atomic E-state index is 6.04. The van der Waals surface area contributed by atoms with E-state index in [1.54, 1.807) is 0 Å². The lowest BCUT2D eigenvalue weighted by Gasteiger charge is -2.25. The van der Waals surface area contributed by atoms with E-state index >= 15 is 0 Å². The van der Waals surface area contributed by atoms with Gasteiger partial charge in [-0.1, -0.05) is 56.0 Å². The van der Waals surface area contributed by atoms with Crippen molar-refractivity contribution in [3.63, 3.8) is 0 Å². The van der Waals surface area contributed by atoms with E-state index in [4.69, 9.17) is 23.2 Å². The topological polar surface area (TPSA) is 12.0 Å². The minimum Gasteiger partial charge on any atom is -0.316 e. The molecule has 1 rings (SSSR count). The largest absolute Gasteiger partial charge is 0.316 e. The average Bonchev–Trinajstić information content (AvgIpc) is 2.33. The van der Waals surface area contributed by atoms with Crippen LogP contribution in [-0.2, 0) is 6.42 Å². The molecule has 0 saturated heterocycles. The van der Waals surface area contributed by atoms with Crippen LogP contribution in [-0.4, -0.2) is 13.1 Å². The fourth-order valence-corrected chi connectivity index (χ4v) is 2.60. The van der Waals surface area contributed by atoms with Gasteiger partial charge >= 0.3 is 0 Å². The second-order valence-corrected chi connectivity index (χ2v) is 5.24. The van der Waals surface area contributed by atoms with Crippen LogP contribution in [0.5, 0.6) is 0 Å². The quantitative estimate of drug-likeness (QED) is 0.801. The van der Waals surface area contributed by atoms with Gasteiger partial charge < -0.3 is 5.32 Å². The summed E-state index contributed by atoms with van der Waals surface area (Å²) < 4.78 is 0. The summed E-state index contributed by atoms with van der Waals surface area (Å²) in [6, 6.07) is 6.40. The van der Waals surface area contributed by atoms with Crippen molar-refractivity contribution in [3.8, 4) is 0 Å². The molecule has 0 fully saturated rings. The highest BCUT2D eigenvalue weighted by Crippen LogP contribution is 2.24. The van der Waals surface area contributed by atoms with Crippen molar-refractivity contribution >= 4 is 23.2 Å². The second kappa shape index (κ2) is 7.25. The maximum atomic E-state index is 6.04. The van der Waals surface area contributed by atoms with Crippen molar-refractivity contribution in [2.24, 2.45) is 5.92 Å². The van der Waals surface area contributed by atoms with Gasteiger partial charge in [-0.3, -0.25) is 0 Å². The van der Waals surface area contributed by atoms with Gasteiger partial charge in [0, 0.05) is 6.04 Å². The molecular weight excluding hydrogens is 253 g/mol. The van der Waals surface area contributed by atoms with Gasteiger partial charge in [0.2, 0.25) is 0 Å². The molecule has 17 heavy (non-hydrogen) atoms. The van der Waals surface area contributed by atoms with Gasteiger partial charge in [0.05, 0.1) is 10.0 Å². The zero-order valence-corrected chi connectivity index (χ0v) is 12.3. The van der Waals surface area contributed by atoms with Gasteiger partial charge in [0.25, 0.3) is 0 Å². The lowest BCUT2D eigenvalue weighted by molar-refractivity contribution is 0.349. The van der Waals surface area contributed by atoms with E-state index in [0.717, 1.165) is 6.42 Å². The van der Waals surface area contributed by atoms with Gasteiger partial charge in [-0.05, 0) is 37.1 Å². The van der Waals surface area contributed by atoms with Gasteiger partial charge in [-0.15, -0.1) is 0 Å². The van der Waals surface area contributed by atoms with Crippen LogP contribution >= 0.6 is 23.2 Å². The molecule has 0 aliphatic heterocycles. The summed E-state index contributed by atoms with van der Waals surface area (Å²) in [6.45, 7) is 4.49. The van der Waals surface area contributed by atoms with Crippen LogP contribution in [0.25, 0.3) is 0 Å². The first kappa shape index (κ1) is 14.8. The Morgan fingerprint density at radius 2 is 1.76 bits per heavy atom. The molecule has 0 bridgehead atoms. The van der Waals surface area contributed by atoms with Crippen LogP contribution in [0.4, 0.5) is 0 Å². The molecule has 1 unspecified atom stereocenters. The smallest absolute Gasteiger partial charge is 0.0595 e. The third-order valence-corrected chi connectivity index (χ3v) is 4.17. The van der Waals surface area contributed by atoms with Crippen molar-refractivity contribution in [2.75, 3.05) is 7.05 Å². The molecule has 0 aromatic heterocycles. The Labute approximate surface area is 115 Å². The van der Waals surface area contributed by atoms with Crippen molar-refractivity contribution in [1.29, 1.82) is 0 Å².